The van der Waals surface area contributed by atoms with Gasteiger partial charge in [0.1, 0.15) is 5.75 Å². The molecular formula is C8H11N2O2+. The summed E-state index contributed by atoms with van der Waals surface area (Å²) in [5, 5.41) is 10.3. The number of rotatable bonds is 2. The molecule has 0 fully saturated rings. The normalized spacial score (nSPS) is 11.2. The van der Waals surface area contributed by atoms with Gasteiger partial charge in [0.2, 0.25) is 0 Å². The highest BCUT2D eigenvalue weighted by Gasteiger charge is 2.02. The van der Waals surface area contributed by atoms with Crippen molar-refractivity contribution in [3.63, 3.8) is 0 Å². The third-order valence-corrected chi connectivity index (χ3v) is 1.52. The Morgan fingerprint density at radius 3 is 2.42 bits per heavy atom. The number of ether oxygens (including phenoxy) is 1. The van der Waals surface area contributed by atoms with Crippen LogP contribution in [0.2, 0.25) is 0 Å². The van der Waals surface area contributed by atoms with Crippen LogP contribution >= 0.6 is 0 Å². The molecular weight excluding hydrogens is 156 g/mol. The van der Waals surface area contributed by atoms with Crippen LogP contribution in [-0.2, 0) is 0 Å². The van der Waals surface area contributed by atoms with E-state index in [1.54, 1.807) is 31.4 Å². The van der Waals surface area contributed by atoms with Gasteiger partial charge < -0.3 is 9.94 Å². The van der Waals surface area contributed by atoms with E-state index in [1.807, 2.05) is 5.16 Å². The Bertz CT molecular complexity index is 280. The van der Waals surface area contributed by atoms with Crippen molar-refractivity contribution in [1.29, 1.82) is 0 Å². The van der Waals surface area contributed by atoms with E-state index in [1.165, 1.54) is 0 Å². The van der Waals surface area contributed by atoms with Gasteiger partial charge in [0.15, 0.2) is 0 Å². The summed E-state index contributed by atoms with van der Waals surface area (Å²) in [5.74, 6) is 0.974. The number of nitrogen functional groups attached to an aromatic ring is 1. The molecule has 0 spiro atoms. The molecule has 0 aliphatic carbocycles. The zero-order valence-corrected chi connectivity index (χ0v) is 6.74. The molecule has 0 aliphatic rings. The maximum atomic E-state index is 8.47. The van der Waals surface area contributed by atoms with Crippen LogP contribution in [0, 0.1) is 0 Å². The van der Waals surface area contributed by atoms with Gasteiger partial charge in [-0.3, -0.25) is 5.73 Å². The van der Waals surface area contributed by atoms with Gasteiger partial charge in [0.25, 0.3) is 0 Å². The van der Waals surface area contributed by atoms with E-state index in [9.17, 15) is 0 Å². The van der Waals surface area contributed by atoms with Crippen LogP contribution in [-0.4, -0.2) is 18.2 Å². The van der Waals surface area contributed by atoms with Gasteiger partial charge in [-0.25, -0.2) is 0 Å². The predicted molar refractivity (Wildman–Crippen MR) is 44.0 cm³/mol. The summed E-state index contributed by atoms with van der Waals surface area (Å²) >= 11 is 0. The minimum absolute atomic E-state index is 0.220. The van der Waals surface area contributed by atoms with Gasteiger partial charge in [0.05, 0.1) is 12.7 Å². The lowest BCUT2D eigenvalue weighted by atomic mass is 10.2. The number of amidine groups is 1. The predicted octanol–water partition coefficient (Wildman–Crippen LogP) is -1.13. The first kappa shape index (κ1) is 8.39. The molecule has 0 heterocycles. The smallest absolute Gasteiger partial charge is 0.311 e. The van der Waals surface area contributed by atoms with Crippen LogP contribution in [0.25, 0.3) is 0 Å². The number of nitrogens with one attached hydrogen (secondary N) is 1. The third-order valence-electron chi connectivity index (χ3n) is 1.52. The van der Waals surface area contributed by atoms with Crippen LogP contribution in [0.15, 0.2) is 24.3 Å². The first-order valence-electron chi connectivity index (χ1n) is 3.45. The van der Waals surface area contributed by atoms with E-state index in [4.69, 9.17) is 15.7 Å². The molecule has 1 aromatic rings. The highest BCUT2D eigenvalue weighted by molar-refractivity contribution is 5.92. The fourth-order valence-corrected chi connectivity index (χ4v) is 0.835. The van der Waals surface area contributed by atoms with E-state index < -0.39 is 0 Å². The minimum atomic E-state index is 0.220. The van der Waals surface area contributed by atoms with E-state index in [-0.39, 0.29) is 5.84 Å². The topological polar surface area (TPSA) is 69.5 Å². The monoisotopic (exact) mass is 167 g/mol. The van der Waals surface area contributed by atoms with E-state index in [0.717, 1.165) is 11.3 Å². The molecule has 1 aromatic carbocycles. The van der Waals surface area contributed by atoms with Crippen LogP contribution in [0.5, 0.6) is 5.75 Å². The standard InChI is InChI=1S/C8H10N2O2/c1-12-7-4-2-6(3-5-7)8(9)10-11/h2-5,11H,1H3,(H2,9,10)/p+1. The Labute approximate surface area is 70.3 Å². The van der Waals surface area contributed by atoms with Crippen LogP contribution in [0.1, 0.15) is 5.56 Å². The second kappa shape index (κ2) is 3.61. The average molecular weight is 167 g/mol. The summed E-state index contributed by atoms with van der Waals surface area (Å²) in [6, 6.07) is 7.02. The zero-order chi connectivity index (χ0) is 8.97. The van der Waals surface area contributed by atoms with Crippen molar-refractivity contribution in [3.05, 3.63) is 29.8 Å². The molecule has 4 heteroatoms. The van der Waals surface area contributed by atoms with Crippen LogP contribution < -0.4 is 15.6 Å². The van der Waals surface area contributed by atoms with Crippen LogP contribution in [0.3, 0.4) is 0 Å². The number of methoxy groups -OCH3 is 1. The van der Waals surface area contributed by atoms with Crippen molar-refractivity contribution >= 4 is 5.84 Å². The van der Waals surface area contributed by atoms with Gasteiger partial charge >= 0.3 is 5.84 Å². The van der Waals surface area contributed by atoms with Gasteiger partial charge in [0, 0.05) is 0 Å². The summed E-state index contributed by atoms with van der Waals surface area (Å²) in [6.45, 7) is 0. The summed E-state index contributed by atoms with van der Waals surface area (Å²) in [6.07, 6.45) is 0. The molecule has 0 unspecified atom stereocenters. The Morgan fingerprint density at radius 1 is 1.42 bits per heavy atom. The van der Waals surface area contributed by atoms with E-state index >= 15 is 0 Å². The van der Waals surface area contributed by atoms with Crippen molar-refractivity contribution in [2.45, 2.75) is 0 Å². The Morgan fingerprint density at radius 2 is 2.00 bits per heavy atom. The zero-order valence-electron chi connectivity index (χ0n) is 6.74. The molecule has 0 bridgehead atoms. The molecule has 4 nitrogen and oxygen atoms in total. The summed E-state index contributed by atoms with van der Waals surface area (Å²) < 4.78 is 4.95. The van der Waals surface area contributed by atoms with Crippen molar-refractivity contribution in [2.75, 3.05) is 7.11 Å². The van der Waals surface area contributed by atoms with E-state index in [0.29, 0.717) is 0 Å². The molecule has 0 saturated heterocycles. The maximum Gasteiger partial charge on any atom is 0.311 e. The second-order valence-corrected chi connectivity index (χ2v) is 2.25. The summed E-state index contributed by atoms with van der Waals surface area (Å²) in [7, 11) is 1.59. The van der Waals surface area contributed by atoms with Crippen molar-refractivity contribution in [3.8, 4) is 5.75 Å². The number of hydrogen-bond acceptors (Lipinski definition) is 2. The molecule has 0 radical (unpaired) electrons. The number of nitrogens with two attached hydrogens (primary N) is 1. The fourth-order valence-electron chi connectivity index (χ4n) is 0.835. The lowest BCUT2D eigenvalue weighted by Gasteiger charge is -1.98. The summed E-state index contributed by atoms with van der Waals surface area (Å²) in [5.41, 5.74) is 6.12. The maximum absolute atomic E-state index is 8.47. The first-order valence-corrected chi connectivity index (χ1v) is 3.45. The SMILES string of the molecule is COc1ccc(C(N)=[NH+]O)cc1. The highest BCUT2D eigenvalue weighted by atomic mass is 16.5. The molecule has 1 rings (SSSR count). The van der Waals surface area contributed by atoms with Crippen molar-refractivity contribution in [2.24, 2.45) is 5.73 Å². The molecule has 0 aromatic heterocycles. The summed E-state index contributed by atoms with van der Waals surface area (Å²) in [4.78, 5) is 0. The van der Waals surface area contributed by atoms with Crippen molar-refractivity contribution in [1.82, 2.24) is 0 Å². The fraction of sp³-hybridized carbons (Fsp3) is 0.125. The highest BCUT2D eigenvalue weighted by Crippen LogP contribution is 2.09. The Balaban J connectivity index is 2.92. The van der Waals surface area contributed by atoms with Gasteiger partial charge in [-0.2, -0.15) is 0 Å². The number of hydrogen-bond donors (Lipinski definition) is 3. The third kappa shape index (κ3) is 1.66. The van der Waals surface area contributed by atoms with Crippen LogP contribution in [0.4, 0.5) is 0 Å². The van der Waals surface area contributed by atoms with Crippen molar-refractivity contribution < 1.29 is 15.1 Å². The minimum Gasteiger partial charge on any atom is -0.497 e. The van der Waals surface area contributed by atoms with Gasteiger partial charge in [-0.15, -0.1) is 0 Å². The lowest BCUT2D eigenvalue weighted by Crippen LogP contribution is -2.71. The molecule has 64 valence electrons. The molecule has 0 aliphatic heterocycles. The quantitative estimate of drug-likeness (QED) is 0.226. The average Bonchev–Trinajstić information content (AvgIpc) is 2.17. The molecule has 0 saturated carbocycles. The molecule has 0 atom stereocenters. The van der Waals surface area contributed by atoms with Gasteiger partial charge in [-0.05, 0) is 24.3 Å². The first-order chi connectivity index (χ1) is 5.77. The lowest BCUT2D eigenvalue weighted by molar-refractivity contribution is -0.737. The van der Waals surface area contributed by atoms with Gasteiger partial charge in [-0.1, -0.05) is 5.16 Å². The second-order valence-electron chi connectivity index (χ2n) is 2.25. The van der Waals surface area contributed by atoms with E-state index in [2.05, 4.69) is 0 Å². The molecule has 12 heavy (non-hydrogen) atoms. The largest absolute Gasteiger partial charge is 0.497 e. The molecule has 0 amide bonds. The Kier molecular flexibility index (Phi) is 2.53. The Hall–Kier alpha value is -1.71. The molecule has 4 N–H and O–H groups in total. The number of benzene rings is 1.